The molecule has 118 valence electrons. The Morgan fingerprint density at radius 1 is 1.00 bits per heavy atom. The molecular formula is C18H29NO2. The summed E-state index contributed by atoms with van der Waals surface area (Å²) in [6, 6.07) is 6.61. The fourth-order valence-corrected chi connectivity index (χ4v) is 2.67. The highest BCUT2D eigenvalue weighted by Gasteiger charge is 2.13. The van der Waals surface area contributed by atoms with Gasteiger partial charge >= 0.3 is 0 Å². The molecule has 0 amide bonds. The van der Waals surface area contributed by atoms with Gasteiger partial charge in [-0.3, -0.25) is 0 Å². The molecule has 0 aromatic heterocycles. The number of nitrogens with one attached hydrogen (secondary N) is 1. The number of fused-ring (bicyclic) bond motifs is 1. The first-order valence-corrected chi connectivity index (χ1v) is 8.44. The van der Waals surface area contributed by atoms with Gasteiger partial charge in [-0.1, -0.05) is 45.1 Å². The Morgan fingerprint density at radius 3 is 2.52 bits per heavy atom. The molecule has 0 bridgehead atoms. The molecule has 1 aliphatic heterocycles. The number of hydrogen-bond donors (Lipinski definition) is 1. The monoisotopic (exact) mass is 291 g/mol. The zero-order chi connectivity index (χ0) is 14.9. The summed E-state index contributed by atoms with van der Waals surface area (Å²) in [7, 11) is 0. The number of hydrogen-bond acceptors (Lipinski definition) is 3. The van der Waals surface area contributed by atoms with Crippen LogP contribution in [0.4, 0.5) is 0 Å². The Bertz CT molecular complexity index is 420. The van der Waals surface area contributed by atoms with E-state index < -0.39 is 0 Å². The Labute approximate surface area is 129 Å². The van der Waals surface area contributed by atoms with Crippen molar-refractivity contribution in [2.45, 2.75) is 58.4 Å². The topological polar surface area (TPSA) is 30.5 Å². The number of rotatable bonds is 9. The van der Waals surface area contributed by atoms with Gasteiger partial charge in [-0.25, -0.2) is 0 Å². The minimum atomic E-state index is 0.358. The third kappa shape index (κ3) is 5.24. The van der Waals surface area contributed by atoms with E-state index in [-0.39, 0.29) is 0 Å². The molecule has 1 N–H and O–H groups in total. The molecule has 21 heavy (non-hydrogen) atoms. The molecule has 0 fully saturated rings. The zero-order valence-electron chi connectivity index (χ0n) is 13.5. The van der Waals surface area contributed by atoms with E-state index in [4.69, 9.17) is 9.47 Å². The highest BCUT2D eigenvalue weighted by Crippen LogP contribution is 2.32. The molecule has 2 rings (SSSR count). The molecule has 0 radical (unpaired) electrons. The zero-order valence-corrected chi connectivity index (χ0v) is 13.5. The molecule has 3 heteroatoms. The standard InChI is InChI=1S/C18H29NO2/c1-3-4-5-6-7-8-11-19-15(2)16-9-10-17-18(14-16)21-13-12-20-17/h9-10,14-15,19H,3-8,11-13H2,1-2H3. The van der Waals surface area contributed by atoms with Gasteiger partial charge in [0.1, 0.15) is 13.2 Å². The van der Waals surface area contributed by atoms with Crippen molar-refractivity contribution in [3.8, 4) is 11.5 Å². The van der Waals surface area contributed by atoms with Crippen LogP contribution >= 0.6 is 0 Å². The van der Waals surface area contributed by atoms with Gasteiger partial charge < -0.3 is 14.8 Å². The molecule has 1 heterocycles. The van der Waals surface area contributed by atoms with Gasteiger partial charge in [0, 0.05) is 6.04 Å². The molecule has 1 aromatic carbocycles. The predicted molar refractivity (Wildman–Crippen MR) is 87.2 cm³/mol. The second-order valence-electron chi connectivity index (χ2n) is 5.85. The Hall–Kier alpha value is -1.22. The minimum absolute atomic E-state index is 0.358. The van der Waals surface area contributed by atoms with Crippen molar-refractivity contribution in [1.82, 2.24) is 5.32 Å². The summed E-state index contributed by atoms with van der Waals surface area (Å²) in [5, 5.41) is 3.60. The third-order valence-corrected chi connectivity index (χ3v) is 4.05. The van der Waals surface area contributed by atoms with Crippen LogP contribution in [0, 0.1) is 0 Å². The quantitative estimate of drug-likeness (QED) is 0.681. The highest BCUT2D eigenvalue weighted by atomic mass is 16.6. The average Bonchev–Trinajstić information content (AvgIpc) is 2.53. The summed E-state index contributed by atoms with van der Waals surface area (Å²) in [4.78, 5) is 0. The Balaban J connectivity index is 1.69. The van der Waals surface area contributed by atoms with Crippen LogP contribution in [-0.4, -0.2) is 19.8 Å². The fraction of sp³-hybridized carbons (Fsp3) is 0.667. The van der Waals surface area contributed by atoms with E-state index in [1.54, 1.807) is 0 Å². The lowest BCUT2D eigenvalue weighted by Crippen LogP contribution is -2.20. The van der Waals surface area contributed by atoms with Gasteiger partial charge in [0.2, 0.25) is 0 Å². The number of ether oxygens (including phenoxy) is 2. The predicted octanol–water partition coefficient (Wildman–Crippen LogP) is 4.47. The smallest absolute Gasteiger partial charge is 0.161 e. The van der Waals surface area contributed by atoms with Crippen molar-refractivity contribution in [3.63, 3.8) is 0 Å². The molecule has 1 aliphatic rings. The molecule has 1 unspecified atom stereocenters. The van der Waals surface area contributed by atoms with Crippen molar-refractivity contribution < 1.29 is 9.47 Å². The summed E-state index contributed by atoms with van der Waals surface area (Å²) >= 11 is 0. The van der Waals surface area contributed by atoms with Gasteiger partial charge in [-0.2, -0.15) is 0 Å². The molecule has 0 saturated heterocycles. The van der Waals surface area contributed by atoms with Crippen LogP contribution in [0.25, 0.3) is 0 Å². The van der Waals surface area contributed by atoms with Crippen molar-refractivity contribution >= 4 is 0 Å². The second-order valence-corrected chi connectivity index (χ2v) is 5.85. The van der Waals surface area contributed by atoms with Crippen molar-refractivity contribution in [3.05, 3.63) is 23.8 Å². The van der Waals surface area contributed by atoms with Crippen LogP contribution in [0.15, 0.2) is 18.2 Å². The molecule has 1 aromatic rings. The largest absolute Gasteiger partial charge is 0.486 e. The van der Waals surface area contributed by atoms with Crippen molar-refractivity contribution in [1.29, 1.82) is 0 Å². The van der Waals surface area contributed by atoms with Crippen LogP contribution in [0.3, 0.4) is 0 Å². The van der Waals surface area contributed by atoms with Gasteiger partial charge in [0.25, 0.3) is 0 Å². The minimum Gasteiger partial charge on any atom is -0.486 e. The van der Waals surface area contributed by atoms with Gasteiger partial charge in [-0.05, 0) is 37.6 Å². The summed E-state index contributed by atoms with van der Waals surface area (Å²) in [6.07, 6.45) is 8.04. The van der Waals surface area contributed by atoms with E-state index >= 15 is 0 Å². The van der Waals surface area contributed by atoms with Crippen LogP contribution in [0.1, 0.15) is 64.0 Å². The first kappa shape index (κ1) is 16.2. The van der Waals surface area contributed by atoms with Crippen molar-refractivity contribution in [2.75, 3.05) is 19.8 Å². The normalized spacial score (nSPS) is 15.0. The van der Waals surface area contributed by atoms with Crippen LogP contribution < -0.4 is 14.8 Å². The molecule has 1 atom stereocenters. The lowest BCUT2D eigenvalue weighted by atomic mass is 10.1. The number of benzene rings is 1. The van der Waals surface area contributed by atoms with E-state index in [9.17, 15) is 0 Å². The summed E-state index contributed by atoms with van der Waals surface area (Å²) in [6.45, 7) is 6.86. The van der Waals surface area contributed by atoms with Crippen LogP contribution in [0.5, 0.6) is 11.5 Å². The third-order valence-electron chi connectivity index (χ3n) is 4.05. The van der Waals surface area contributed by atoms with Crippen LogP contribution in [-0.2, 0) is 0 Å². The highest BCUT2D eigenvalue weighted by molar-refractivity contribution is 5.44. The van der Waals surface area contributed by atoms with E-state index in [2.05, 4.69) is 31.3 Å². The molecule has 3 nitrogen and oxygen atoms in total. The first-order valence-electron chi connectivity index (χ1n) is 8.44. The Kier molecular flexibility index (Phi) is 6.87. The summed E-state index contributed by atoms with van der Waals surface area (Å²) in [5.74, 6) is 1.75. The Morgan fingerprint density at radius 2 is 1.71 bits per heavy atom. The van der Waals surface area contributed by atoms with E-state index in [1.165, 1.54) is 44.1 Å². The molecular weight excluding hydrogens is 262 g/mol. The van der Waals surface area contributed by atoms with E-state index in [0.717, 1.165) is 18.0 Å². The molecule has 0 spiro atoms. The average molecular weight is 291 g/mol. The summed E-state index contributed by atoms with van der Waals surface area (Å²) in [5.41, 5.74) is 1.27. The first-order chi connectivity index (χ1) is 10.3. The lowest BCUT2D eigenvalue weighted by Gasteiger charge is -2.21. The second kappa shape index (κ2) is 8.93. The maximum Gasteiger partial charge on any atom is 0.161 e. The lowest BCUT2D eigenvalue weighted by molar-refractivity contribution is 0.171. The van der Waals surface area contributed by atoms with Crippen molar-refractivity contribution in [2.24, 2.45) is 0 Å². The van der Waals surface area contributed by atoms with Crippen LogP contribution in [0.2, 0.25) is 0 Å². The van der Waals surface area contributed by atoms with Gasteiger partial charge in [0.15, 0.2) is 11.5 Å². The number of unbranched alkanes of at least 4 members (excludes halogenated alkanes) is 5. The fourth-order valence-electron chi connectivity index (χ4n) is 2.67. The SMILES string of the molecule is CCCCCCCCNC(C)c1ccc2c(c1)OCCO2. The summed E-state index contributed by atoms with van der Waals surface area (Å²) < 4.78 is 11.2. The van der Waals surface area contributed by atoms with Gasteiger partial charge in [0.05, 0.1) is 0 Å². The van der Waals surface area contributed by atoms with E-state index in [1.807, 2.05) is 6.07 Å². The maximum absolute atomic E-state index is 5.64. The van der Waals surface area contributed by atoms with E-state index in [0.29, 0.717) is 19.3 Å². The van der Waals surface area contributed by atoms with Gasteiger partial charge in [-0.15, -0.1) is 0 Å². The molecule has 0 aliphatic carbocycles. The maximum atomic E-state index is 5.64. The molecule has 0 saturated carbocycles.